The van der Waals surface area contributed by atoms with Crippen molar-refractivity contribution >= 4 is 23.4 Å². The molecule has 1 aliphatic rings. The number of carbonyl (C=O) groups is 1. The molecular formula is C16H21N3OS. The van der Waals surface area contributed by atoms with Gasteiger partial charge in [0.1, 0.15) is 0 Å². The lowest BCUT2D eigenvalue weighted by molar-refractivity contribution is -0.118. The summed E-state index contributed by atoms with van der Waals surface area (Å²) in [5.74, 6) is 0.407. The van der Waals surface area contributed by atoms with Crippen molar-refractivity contribution in [3.05, 3.63) is 24.3 Å². The minimum atomic E-state index is 0.0220. The van der Waals surface area contributed by atoms with Crippen molar-refractivity contribution in [3.8, 4) is 6.07 Å². The Morgan fingerprint density at radius 3 is 3.05 bits per heavy atom. The van der Waals surface area contributed by atoms with Crippen LogP contribution in [0.3, 0.4) is 0 Å². The lowest BCUT2D eigenvalue weighted by Crippen LogP contribution is -2.42. The van der Waals surface area contributed by atoms with Gasteiger partial charge in [-0.3, -0.25) is 9.69 Å². The first-order valence-electron chi connectivity index (χ1n) is 7.33. The fourth-order valence-electron chi connectivity index (χ4n) is 2.57. The molecule has 0 aliphatic carbocycles. The second-order valence-electron chi connectivity index (χ2n) is 5.31. The van der Waals surface area contributed by atoms with E-state index < -0.39 is 0 Å². The summed E-state index contributed by atoms with van der Waals surface area (Å²) in [5, 5.41) is 11.7. The van der Waals surface area contributed by atoms with Crippen LogP contribution in [0.4, 0.5) is 5.69 Å². The van der Waals surface area contributed by atoms with E-state index in [0.29, 0.717) is 18.3 Å². The number of nitrogens with one attached hydrogen (secondary N) is 1. The van der Waals surface area contributed by atoms with E-state index >= 15 is 0 Å². The number of para-hydroxylation sites is 1. The average molecular weight is 303 g/mol. The standard InChI is InChI=1S/C16H21N3OS/c1-13-6-4-5-10-19(13)12-16(20)18-14-7-2-3-8-15(14)21-11-9-17/h2-3,7-8,13H,4-6,10-12H2,1H3,(H,18,20)/t13-/m0/s1. The summed E-state index contributed by atoms with van der Waals surface area (Å²) in [4.78, 5) is 15.4. The molecule has 1 N–H and O–H groups in total. The Kier molecular flexibility index (Phi) is 6.09. The first-order valence-corrected chi connectivity index (χ1v) is 8.32. The quantitative estimate of drug-likeness (QED) is 0.849. The summed E-state index contributed by atoms with van der Waals surface area (Å²) < 4.78 is 0. The van der Waals surface area contributed by atoms with Crippen molar-refractivity contribution in [2.24, 2.45) is 0 Å². The van der Waals surface area contributed by atoms with Crippen LogP contribution in [-0.4, -0.2) is 35.7 Å². The second-order valence-corrected chi connectivity index (χ2v) is 6.32. The van der Waals surface area contributed by atoms with Crippen LogP contribution in [0.2, 0.25) is 0 Å². The molecule has 0 spiro atoms. The first-order chi connectivity index (χ1) is 10.2. The number of nitrogens with zero attached hydrogens (tertiary/aromatic N) is 2. The third-order valence-corrected chi connectivity index (χ3v) is 4.68. The van der Waals surface area contributed by atoms with E-state index in [1.165, 1.54) is 31.0 Å². The fourth-order valence-corrected chi connectivity index (χ4v) is 3.24. The number of piperidine rings is 1. The maximum atomic E-state index is 12.2. The lowest BCUT2D eigenvalue weighted by Gasteiger charge is -2.32. The molecule has 0 bridgehead atoms. The molecule has 0 unspecified atom stereocenters. The van der Waals surface area contributed by atoms with E-state index in [9.17, 15) is 4.79 Å². The number of thioether (sulfide) groups is 1. The summed E-state index contributed by atoms with van der Waals surface area (Å²) in [7, 11) is 0. The molecule has 5 heteroatoms. The zero-order valence-electron chi connectivity index (χ0n) is 12.3. The largest absolute Gasteiger partial charge is 0.324 e. The van der Waals surface area contributed by atoms with Gasteiger partial charge in [-0.25, -0.2) is 0 Å². The third-order valence-electron chi connectivity index (χ3n) is 3.74. The van der Waals surface area contributed by atoms with E-state index in [0.717, 1.165) is 17.1 Å². The number of anilines is 1. The third kappa shape index (κ3) is 4.76. The highest BCUT2D eigenvalue weighted by Crippen LogP contribution is 2.26. The maximum Gasteiger partial charge on any atom is 0.238 e. The number of amides is 1. The first kappa shape index (κ1) is 15.9. The normalized spacial score (nSPS) is 19.0. The maximum absolute atomic E-state index is 12.2. The molecule has 2 rings (SSSR count). The molecule has 1 amide bonds. The average Bonchev–Trinajstić information content (AvgIpc) is 2.49. The van der Waals surface area contributed by atoms with Gasteiger partial charge in [-0.05, 0) is 38.4 Å². The number of benzene rings is 1. The fraction of sp³-hybridized carbons (Fsp3) is 0.500. The lowest BCUT2D eigenvalue weighted by atomic mass is 10.0. The number of hydrogen-bond donors (Lipinski definition) is 1. The van der Waals surface area contributed by atoms with Crippen LogP contribution in [-0.2, 0) is 4.79 Å². The van der Waals surface area contributed by atoms with Crippen LogP contribution in [0.5, 0.6) is 0 Å². The van der Waals surface area contributed by atoms with Crippen LogP contribution in [0.25, 0.3) is 0 Å². The van der Waals surface area contributed by atoms with Crippen LogP contribution >= 0.6 is 11.8 Å². The van der Waals surface area contributed by atoms with Crippen molar-refractivity contribution in [2.75, 3.05) is 24.2 Å². The smallest absolute Gasteiger partial charge is 0.238 e. The van der Waals surface area contributed by atoms with Crippen LogP contribution in [0.15, 0.2) is 29.2 Å². The van der Waals surface area contributed by atoms with Gasteiger partial charge in [0.25, 0.3) is 0 Å². The predicted octanol–water partition coefficient (Wildman–Crippen LogP) is 3.12. The van der Waals surface area contributed by atoms with E-state index in [1.54, 1.807) is 0 Å². The Balaban J connectivity index is 1.94. The summed E-state index contributed by atoms with van der Waals surface area (Å²) in [6.07, 6.45) is 3.60. The van der Waals surface area contributed by atoms with E-state index in [4.69, 9.17) is 5.26 Å². The van der Waals surface area contributed by atoms with Crippen molar-refractivity contribution in [1.29, 1.82) is 5.26 Å². The van der Waals surface area contributed by atoms with Gasteiger partial charge in [-0.2, -0.15) is 5.26 Å². The van der Waals surface area contributed by atoms with Gasteiger partial charge < -0.3 is 5.32 Å². The monoisotopic (exact) mass is 303 g/mol. The highest BCUT2D eigenvalue weighted by molar-refractivity contribution is 7.99. The molecule has 4 nitrogen and oxygen atoms in total. The summed E-state index contributed by atoms with van der Waals surface area (Å²) in [5.41, 5.74) is 0.799. The number of likely N-dealkylation sites (tertiary alicyclic amines) is 1. The molecule has 1 heterocycles. The zero-order valence-corrected chi connectivity index (χ0v) is 13.2. The van der Waals surface area contributed by atoms with Gasteiger partial charge in [0, 0.05) is 10.9 Å². The molecule has 0 saturated carbocycles. The number of carbonyl (C=O) groups excluding carboxylic acids is 1. The van der Waals surface area contributed by atoms with Crippen molar-refractivity contribution in [1.82, 2.24) is 4.90 Å². The van der Waals surface area contributed by atoms with Crippen molar-refractivity contribution in [2.45, 2.75) is 37.1 Å². The summed E-state index contributed by atoms with van der Waals surface area (Å²) in [6.45, 7) is 3.63. The molecule has 1 fully saturated rings. The Hall–Kier alpha value is -1.51. The van der Waals surface area contributed by atoms with Gasteiger partial charge in [-0.1, -0.05) is 18.6 Å². The molecule has 1 saturated heterocycles. The summed E-state index contributed by atoms with van der Waals surface area (Å²) >= 11 is 1.45. The molecule has 1 aromatic rings. The second kappa shape index (κ2) is 8.06. The van der Waals surface area contributed by atoms with Crippen LogP contribution in [0, 0.1) is 11.3 Å². The van der Waals surface area contributed by atoms with Gasteiger partial charge in [0.05, 0.1) is 24.1 Å². The van der Waals surface area contributed by atoms with Gasteiger partial charge in [-0.15, -0.1) is 11.8 Å². The topological polar surface area (TPSA) is 56.1 Å². The Labute approximate surface area is 130 Å². The van der Waals surface area contributed by atoms with E-state index in [1.807, 2.05) is 24.3 Å². The Morgan fingerprint density at radius 2 is 2.29 bits per heavy atom. The van der Waals surface area contributed by atoms with Gasteiger partial charge in [0.15, 0.2) is 0 Å². The van der Waals surface area contributed by atoms with Crippen molar-refractivity contribution in [3.63, 3.8) is 0 Å². The SMILES string of the molecule is C[C@H]1CCCCN1CC(=O)Nc1ccccc1SCC#N. The molecule has 112 valence electrons. The molecule has 1 atom stereocenters. The highest BCUT2D eigenvalue weighted by atomic mass is 32.2. The number of hydrogen-bond acceptors (Lipinski definition) is 4. The molecule has 0 radical (unpaired) electrons. The number of nitriles is 1. The predicted molar refractivity (Wildman–Crippen MR) is 86.3 cm³/mol. The Morgan fingerprint density at radius 1 is 1.48 bits per heavy atom. The van der Waals surface area contributed by atoms with E-state index in [-0.39, 0.29) is 5.91 Å². The zero-order chi connectivity index (χ0) is 15.1. The summed E-state index contributed by atoms with van der Waals surface area (Å²) in [6, 6.07) is 10.2. The van der Waals surface area contributed by atoms with Crippen LogP contribution in [0.1, 0.15) is 26.2 Å². The van der Waals surface area contributed by atoms with Crippen molar-refractivity contribution < 1.29 is 4.79 Å². The molecule has 21 heavy (non-hydrogen) atoms. The molecular weight excluding hydrogens is 282 g/mol. The minimum Gasteiger partial charge on any atom is -0.324 e. The molecule has 0 aromatic heterocycles. The molecule has 1 aliphatic heterocycles. The van der Waals surface area contributed by atoms with Crippen LogP contribution < -0.4 is 5.32 Å². The number of rotatable bonds is 5. The minimum absolute atomic E-state index is 0.0220. The van der Waals surface area contributed by atoms with Gasteiger partial charge in [0.2, 0.25) is 5.91 Å². The van der Waals surface area contributed by atoms with Gasteiger partial charge >= 0.3 is 0 Å². The molecule has 1 aromatic carbocycles. The Bertz CT molecular complexity index is 526. The van der Waals surface area contributed by atoms with E-state index in [2.05, 4.69) is 23.2 Å². The highest BCUT2D eigenvalue weighted by Gasteiger charge is 2.20.